The van der Waals surface area contributed by atoms with Crippen LogP contribution in [0, 0.1) is 0 Å². The van der Waals surface area contributed by atoms with Crippen molar-refractivity contribution in [2.75, 3.05) is 39.3 Å². The van der Waals surface area contributed by atoms with Gasteiger partial charge in [0.2, 0.25) is 10.0 Å². The number of hydrogen-bond donors (Lipinski definition) is 1. The molecular weight excluding hydrogens is 270 g/mol. The molecule has 7 nitrogen and oxygen atoms in total. The summed E-state index contributed by atoms with van der Waals surface area (Å²) in [4.78, 5) is 13.0. The summed E-state index contributed by atoms with van der Waals surface area (Å²) in [5.41, 5.74) is 5.50. The number of carbonyl (C=O) groups is 1. The van der Waals surface area contributed by atoms with Gasteiger partial charge in [0.15, 0.2) is 0 Å². The molecule has 8 heteroatoms. The number of carbonyl (C=O) groups excluding carboxylic acids is 1. The van der Waals surface area contributed by atoms with E-state index in [2.05, 4.69) is 0 Å². The van der Waals surface area contributed by atoms with Crippen LogP contribution in [-0.4, -0.2) is 68.3 Å². The molecule has 2 N–H and O–H groups in total. The van der Waals surface area contributed by atoms with E-state index in [1.165, 1.54) is 9.21 Å². The monoisotopic (exact) mass is 293 g/mol. The second kappa shape index (κ2) is 7.06. The standard InChI is InChI=1S/C11H23N3O4S/c1-3-10(9-12)19(16,17)14-7-5-13(6-8-14)11(15)18-4-2/h10H,3-9,12H2,1-2H3. The minimum absolute atomic E-state index is 0.122. The number of amides is 1. The third kappa shape index (κ3) is 3.80. The molecule has 1 atom stereocenters. The molecule has 1 heterocycles. The molecule has 1 saturated heterocycles. The van der Waals surface area contributed by atoms with Crippen molar-refractivity contribution < 1.29 is 17.9 Å². The van der Waals surface area contributed by atoms with Crippen molar-refractivity contribution in [3.05, 3.63) is 0 Å². The van der Waals surface area contributed by atoms with E-state index in [1.54, 1.807) is 6.92 Å². The van der Waals surface area contributed by atoms with Gasteiger partial charge in [0.25, 0.3) is 0 Å². The average molecular weight is 293 g/mol. The first-order valence-electron chi connectivity index (χ1n) is 6.58. The Balaban J connectivity index is 2.61. The highest BCUT2D eigenvalue weighted by Crippen LogP contribution is 2.15. The zero-order chi connectivity index (χ0) is 14.5. The molecular formula is C11H23N3O4S. The molecule has 0 aliphatic carbocycles. The molecule has 0 aromatic heterocycles. The maximum Gasteiger partial charge on any atom is 0.409 e. The largest absolute Gasteiger partial charge is 0.450 e. The smallest absolute Gasteiger partial charge is 0.409 e. The van der Waals surface area contributed by atoms with Crippen LogP contribution in [0.15, 0.2) is 0 Å². The Labute approximate surface area is 114 Å². The molecule has 0 radical (unpaired) electrons. The number of piperazine rings is 1. The highest BCUT2D eigenvalue weighted by molar-refractivity contribution is 7.89. The lowest BCUT2D eigenvalue weighted by molar-refractivity contribution is 0.0932. The summed E-state index contributed by atoms with van der Waals surface area (Å²) in [6.07, 6.45) is 0.113. The van der Waals surface area contributed by atoms with Crippen molar-refractivity contribution in [3.8, 4) is 0 Å². The number of nitrogens with two attached hydrogens (primary N) is 1. The minimum Gasteiger partial charge on any atom is -0.450 e. The number of rotatable bonds is 5. The SMILES string of the molecule is CCOC(=O)N1CCN(S(=O)(=O)C(CC)CN)CC1. The summed E-state index contributed by atoms with van der Waals surface area (Å²) in [7, 11) is -3.36. The molecule has 1 aliphatic rings. The van der Waals surface area contributed by atoms with Gasteiger partial charge in [-0.15, -0.1) is 0 Å². The molecule has 1 aliphatic heterocycles. The zero-order valence-electron chi connectivity index (χ0n) is 11.5. The van der Waals surface area contributed by atoms with Gasteiger partial charge in [-0.2, -0.15) is 4.31 Å². The van der Waals surface area contributed by atoms with E-state index in [0.717, 1.165) is 0 Å². The molecule has 112 valence electrons. The van der Waals surface area contributed by atoms with Crippen LogP contribution in [0.3, 0.4) is 0 Å². The quantitative estimate of drug-likeness (QED) is 0.759. The molecule has 1 unspecified atom stereocenters. The first kappa shape index (κ1) is 16.2. The second-order valence-electron chi connectivity index (χ2n) is 4.40. The van der Waals surface area contributed by atoms with E-state index in [1.807, 2.05) is 6.92 Å². The van der Waals surface area contributed by atoms with E-state index >= 15 is 0 Å². The predicted molar refractivity (Wildman–Crippen MR) is 72.2 cm³/mol. The van der Waals surface area contributed by atoms with Gasteiger partial charge in [0.1, 0.15) is 0 Å². The minimum atomic E-state index is -3.36. The summed E-state index contributed by atoms with van der Waals surface area (Å²) in [6, 6.07) is 0. The Morgan fingerprint density at radius 3 is 2.26 bits per heavy atom. The fourth-order valence-corrected chi connectivity index (χ4v) is 3.81. The normalized spacial score (nSPS) is 19.2. The van der Waals surface area contributed by atoms with Crippen molar-refractivity contribution in [2.24, 2.45) is 5.73 Å². The van der Waals surface area contributed by atoms with Gasteiger partial charge < -0.3 is 15.4 Å². The summed E-state index contributed by atoms with van der Waals surface area (Å²) in [5, 5.41) is -0.540. The number of sulfonamides is 1. The molecule has 0 saturated carbocycles. The number of ether oxygens (including phenoxy) is 1. The molecule has 1 amide bonds. The van der Waals surface area contributed by atoms with Crippen LogP contribution in [0.4, 0.5) is 4.79 Å². The molecule has 0 aromatic rings. The zero-order valence-corrected chi connectivity index (χ0v) is 12.4. The van der Waals surface area contributed by atoms with Crippen molar-refractivity contribution in [2.45, 2.75) is 25.5 Å². The van der Waals surface area contributed by atoms with E-state index in [0.29, 0.717) is 39.2 Å². The van der Waals surface area contributed by atoms with Gasteiger partial charge in [-0.25, -0.2) is 13.2 Å². The van der Waals surface area contributed by atoms with Crippen molar-refractivity contribution in [3.63, 3.8) is 0 Å². The lowest BCUT2D eigenvalue weighted by Crippen LogP contribution is -2.53. The van der Waals surface area contributed by atoms with Crippen LogP contribution < -0.4 is 5.73 Å². The van der Waals surface area contributed by atoms with Crippen molar-refractivity contribution >= 4 is 16.1 Å². The first-order valence-corrected chi connectivity index (χ1v) is 8.08. The fourth-order valence-electron chi connectivity index (χ4n) is 2.05. The summed E-state index contributed by atoms with van der Waals surface area (Å²) in [6.45, 7) is 5.32. The summed E-state index contributed by atoms with van der Waals surface area (Å²) in [5.74, 6) is 0. The van der Waals surface area contributed by atoms with E-state index in [4.69, 9.17) is 10.5 Å². The first-order chi connectivity index (χ1) is 8.97. The average Bonchev–Trinajstić information content (AvgIpc) is 2.40. The molecule has 0 bridgehead atoms. The number of nitrogens with zero attached hydrogens (tertiary/aromatic N) is 2. The molecule has 1 rings (SSSR count). The fraction of sp³-hybridized carbons (Fsp3) is 0.909. The Bertz CT molecular complexity index is 387. The maximum atomic E-state index is 12.3. The Morgan fingerprint density at radius 1 is 1.26 bits per heavy atom. The van der Waals surface area contributed by atoms with Crippen LogP contribution in [0.1, 0.15) is 20.3 Å². The highest BCUT2D eigenvalue weighted by Gasteiger charge is 2.33. The van der Waals surface area contributed by atoms with Crippen molar-refractivity contribution in [1.29, 1.82) is 0 Å². The van der Waals surface area contributed by atoms with Crippen LogP contribution in [-0.2, 0) is 14.8 Å². The lowest BCUT2D eigenvalue weighted by atomic mass is 10.3. The van der Waals surface area contributed by atoms with Gasteiger partial charge in [-0.05, 0) is 13.3 Å². The highest BCUT2D eigenvalue weighted by atomic mass is 32.2. The molecule has 0 aromatic carbocycles. The molecule has 1 fully saturated rings. The van der Waals surface area contributed by atoms with Gasteiger partial charge in [0, 0.05) is 32.7 Å². The predicted octanol–water partition coefficient (Wildman–Crippen LogP) is -0.172. The summed E-state index contributed by atoms with van der Waals surface area (Å²) >= 11 is 0. The third-order valence-corrected chi connectivity index (χ3v) is 5.72. The Hall–Kier alpha value is -0.860. The summed E-state index contributed by atoms with van der Waals surface area (Å²) < 4.78 is 30.8. The third-order valence-electron chi connectivity index (χ3n) is 3.26. The second-order valence-corrected chi connectivity index (χ2v) is 6.61. The lowest BCUT2D eigenvalue weighted by Gasteiger charge is -2.34. The van der Waals surface area contributed by atoms with E-state index < -0.39 is 15.3 Å². The Kier molecular flexibility index (Phi) is 6.02. The van der Waals surface area contributed by atoms with E-state index in [9.17, 15) is 13.2 Å². The number of hydrogen-bond acceptors (Lipinski definition) is 5. The topological polar surface area (TPSA) is 92.9 Å². The van der Waals surface area contributed by atoms with Crippen LogP contribution in [0.25, 0.3) is 0 Å². The van der Waals surface area contributed by atoms with Crippen LogP contribution >= 0.6 is 0 Å². The molecule has 19 heavy (non-hydrogen) atoms. The van der Waals surface area contributed by atoms with Crippen molar-refractivity contribution in [1.82, 2.24) is 9.21 Å². The molecule has 0 spiro atoms. The van der Waals surface area contributed by atoms with Gasteiger partial charge >= 0.3 is 6.09 Å². The van der Waals surface area contributed by atoms with E-state index in [-0.39, 0.29) is 12.6 Å². The van der Waals surface area contributed by atoms with Gasteiger partial charge in [-0.1, -0.05) is 6.92 Å². The maximum absolute atomic E-state index is 12.3. The van der Waals surface area contributed by atoms with Gasteiger partial charge in [-0.3, -0.25) is 0 Å². The van der Waals surface area contributed by atoms with Crippen LogP contribution in [0.5, 0.6) is 0 Å². The van der Waals surface area contributed by atoms with Gasteiger partial charge in [0.05, 0.1) is 11.9 Å². The Morgan fingerprint density at radius 2 is 1.84 bits per heavy atom. The van der Waals surface area contributed by atoms with Crippen LogP contribution in [0.2, 0.25) is 0 Å².